The topological polar surface area (TPSA) is 58.6 Å². The van der Waals surface area contributed by atoms with E-state index in [1.54, 1.807) is 13.8 Å². The summed E-state index contributed by atoms with van der Waals surface area (Å²) in [6.07, 6.45) is 3.62. The molecule has 19 heavy (non-hydrogen) atoms. The SMILES string of the molecule is CC(CCCOC(C)C)CCNC(=O)CC(C)(C)O. The smallest absolute Gasteiger partial charge is 0.222 e. The second-order valence-corrected chi connectivity index (χ2v) is 6.29. The van der Waals surface area contributed by atoms with Gasteiger partial charge < -0.3 is 15.2 Å². The third-order valence-corrected chi connectivity index (χ3v) is 2.84. The van der Waals surface area contributed by atoms with Crippen LogP contribution < -0.4 is 5.32 Å². The van der Waals surface area contributed by atoms with Crippen molar-refractivity contribution in [2.75, 3.05) is 13.2 Å². The zero-order chi connectivity index (χ0) is 14.9. The minimum absolute atomic E-state index is 0.0807. The van der Waals surface area contributed by atoms with E-state index in [9.17, 15) is 9.90 Å². The van der Waals surface area contributed by atoms with Crippen molar-refractivity contribution in [3.8, 4) is 0 Å². The van der Waals surface area contributed by atoms with Crippen LogP contribution in [0.25, 0.3) is 0 Å². The number of hydrogen-bond acceptors (Lipinski definition) is 3. The highest BCUT2D eigenvalue weighted by Gasteiger charge is 2.17. The van der Waals surface area contributed by atoms with E-state index < -0.39 is 5.60 Å². The Morgan fingerprint density at radius 3 is 2.42 bits per heavy atom. The molecule has 114 valence electrons. The lowest BCUT2D eigenvalue weighted by Gasteiger charge is -2.17. The van der Waals surface area contributed by atoms with Gasteiger partial charge in [0, 0.05) is 13.2 Å². The Hall–Kier alpha value is -0.610. The molecule has 0 aromatic heterocycles. The lowest BCUT2D eigenvalue weighted by atomic mass is 10.0. The van der Waals surface area contributed by atoms with Gasteiger partial charge in [0.25, 0.3) is 0 Å². The largest absolute Gasteiger partial charge is 0.390 e. The summed E-state index contributed by atoms with van der Waals surface area (Å²) in [5.41, 5.74) is -0.927. The summed E-state index contributed by atoms with van der Waals surface area (Å²) in [7, 11) is 0. The molecule has 0 aliphatic heterocycles. The lowest BCUT2D eigenvalue weighted by molar-refractivity contribution is -0.124. The fourth-order valence-electron chi connectivity index (χ4n) is 1.81. The van der Waals surface area contributed by atoms with Crippen LogP contribution in [0.2, 0.25) is 0 Å². The van der Waals surface area contributed by atoms with E-state index in [1.165, 1.54) is 0 Å². The minimum Gasteiger partial charge on any atom is -0.390 e. The maximum atomic E-state index is 11.5. The Labute approximate surface area is 117 Å². The molecule has 2 N–H and O–H groups in total. The molecule has 0 rings (SSSR count). The second kappa shape index (κ2) is 9.32. The summed E-state index contributed by atoms with van der Waals surface area (Å²) in [5, 5.41) is 12.4. The van der Waals surface area contributed by atoms with Gasteiger partial charge >= 0.3 is 0 Å². The molecule has 0 saturated heterocycles. The van der Waals surface area contributed by atoms with Gasteiger partial charge in [-0.1, -0.05) is 6.92 Å². The van der Waals surface area contributed by atoms with E-state index in [4.69, 9.17) is 4.74 Å². The second-order valence-electron chi connectivity index (χ2n) is 6.29. The molecular weight excluding hydrogens is 242 g/mol. The van der Waals surface area contributed by atoms with E-state index >= 15 is 0 Å². The van der Waals surface area contributed by atoms with Crippen molar-refractivity contribution in [3.63, 3.8) is 0 Å². The van der Waals surface area contributed by atoms with Crippen LogP contribution >= 0.6 is 0 Å². The molecule has 1 atom stereocenters. The Balaban J connectivity index is 3.52. The van der Waals surface area contributed by atoms with Gasteiger partial charge in [-0.15, -0.1) is 0 Å². The van der Waals surface area contributed by atoms with E-state index in [1.807, 2.05) is 13.8 Å². The van der Waals surface area contributed by atoms with E-state index in [2.05, 4.69) is 12.2 Å². The predicted molar refractivity (Wildman–Crippen MR) is 78.0 cm³/mol. The molecule has 0 radical (unpaired) electrons. The van der Waals surface area contributed by atoms with E-state index in [0.717, 1.165) is 25.9 Å². The van der Waals surface area contributed by atoms with Crippen LogP contribution in [0.15, 0.2) is 0 Å². The standard InChI is InChI=1S/C15H31NO3/c1-12(2)19-10-6-7-13(3)8-9-16-14(17)11-15(4,5)18/h12-13,18H,6-11H2,1-5H3,(H,16,17). The zero-order valence-electron chi connectivity index (χ0n) is 13.2. The van der Waals surface area contributed by atoms with Gasteiger partial charge in [-0.05, 0) is 52.9 Å². The number of carbonyl (C=O) groups excluding carboxylic acids is 1. The van der Waals surface area contributed by atoms with Crippen LogP contribution in [0, 0.1) is 5.92 Å². The molecule has 0 heterocycles. The lowest BCUT2D eigenvalue weighted by Crippen LogP contribution is -2.33. The summed E-state index contributed by atoms with van der Waals surface area (Å²) in [5.74, 6) is 0.501. The Bertz CT molecular complexity index is 246. The van der Waals surface area contributed by atoms with E-state index in [-0.39, 0.29) is 12.3 Å². The average Bonchev–Trinajstić information content (AvgIpc) is 2.21. The van der Waals surface area contributed by atoms with Gasteiger partial charge in [-0.2, -0.15) is 0 Å². The molecule has 0 aromatic carbocycles. The van der Waals surface area contributed by atoms with Crippen LogP contribution in [-0.2, 0) is 9.53 Å². The number of rotatable bonds is 10. The fraction of sp³-hybridized carbons (Fsp3) is 0.933. The van der Waals surface area contributed by atoms with Gasteiger partial charge in [0.2, 0.25) is 5.91 Å². The molecule has 0 aromatic rings. The van der Waals surface area contributed by atoms with Crippen molar-refractivity contribution in [2.45, 2.75) is 72.0 Å². The molecule has 4 nitrogen and oxygen atoms in total. The van der Waals surface area contributed by atoms with Gasteiger partial charge in [-0.25, -0.2) is 0 Å². The summed E-state index contributed by atoms with van der Waals surface area (Å²) in [6, 6.07) is 0. The maximum Gasteiger partial charge on any atom is 0.222 e. The summed E-state index contributed by atoms with van der Waals surface area (Å²) >= 11 is 0. The van der Waals surface area contributed by atoms with Gasteiger partial charge in [-0.3, -0.25) is 4.79 Å². The maximum absolute atomic E-state index is 11.5. The van der Waals surface area contributed by atoms with Gasteiger partial charge in [0.1, 0.15) is 0 Å². The van der Waals surface area contributed by atoms with Crippen LogP contribution in [-0.4, -0.2) is 35.9 Å². The molecular formula is C15H31NO3. The number of aliphatic hydroxyl groups is 1. The highest BCUT2D eigenvalue weighted by molar-refractivity contribution is 5.76. The van der Waals surface area contributed by atoms with Crippen LogP contribution in [0.1, 0.15) is 60.3 Å². The average molecular weight is 273 g/mol. The molecule has 1 unspecified atom stereocenters. The number of carbonyl (C=O) groups is 1. The third-order valence-electron chi connectivity index (χ3n) is 2.84. The molecule has 4 heteroatoms. The fourth-order valence-corrected chi connectivity index (χ4v) is 1.81. The Morgan fingerprint density at radius 2 is 1.89 bits per heavy atom. The molecule has 0 saturated carbocycles. The first-order valence-corrected chi connectivity index (χ1v) is 7.31. The predicted octanol–water partition coefficient (Wildman–Crippen LogP) is 2.50. The number of ether oxygens (including phenoxy) is 1. The minimum atomic E-state index is -0.927. The monoisotopic (exact) mass is 273 g/mol. The highest BCUT2D eigenvalue weighted by Crippen LogP contribution is 2.10. The third kappa shape index (κ3) is 13.6. The first-order valence-electron chi connectivity index (χ1n) is 7.31. The highest BCUT2D eigenvalue weighted by atomic mass is 16.5. The van der Waals surface area contributed by atoms with Crippen molar-refractivity contribution in [1.82, 2.24) is 5.32 Å². The Morgan fingerprint density at radius 1 is 1.26 bits per heavy atom. The first-order chi connectivity index (χ1) is 8.70. The van der Waals surface area contributed by atoms with Crippen LogP contribution in [0.5, 0.6) is 0 Å². The number of nitrogens with one attached hydrogen (secondary N) is 1. The van der Waals surface area contributed by atoms with Crippen LogP contribution in [0.3, 0.4) is 0 Å². The summed E-state index contributed by atoms with van der Waals surface area (Å²) in [4.78, 5) is 11.5. The quantitative estimate of drug-likeness (QED) is 0.601. The zero-order valence-corrected chi connectivity index (χ0v) is 13.2. The van der Waals surface area contributed by atoms with Crippen molar-refractivity contribution in [1.29, 1.82) is 0 Å². The molecule has 0 spiro atoms. The van der Waals surface area contributed by atoms with Gasteiger partial charge in [0.05, 0.1) is 18.1 Å². The molecule has 0 fully saturated rings. The molecule has 1 amide bonds. The molecule has 0 aliphatic carbocycles. The molecule has 0 aliphatic rings. The molecule has 0 bridgehead atoms. The van der Waals surface area contributed by atoms with Gasteiger partial charge in [0.15, 0.2) is 0 Å². The van der Waals surface area contributed by atoms with Crippen LogP contribution in [0.4, 0.5) is 0 Å². The number of hydrogen-bond donors (Lipinski definition) is 2. The van der Waals surface area contributed by atoms with Crippen molar-refractivity contribution < 1.29 is 14.6 Å². The van der Waals surface area contributed by atoms with Crippen molar-refractivity contribution >= 4 is 5.91 Å². The Kier molecular flexibility index (Phi) is 9.02. The summed E-state index contributed by atoms with van der Waals surface area (Å²) in [6.45, 7) is 11.1. The summed E-state index contributed by atoms with van der Waals surface area (Å²) < 4.78 is 5.49. The van der Waals surface area contributed by atoms with E-state index in [0.29, 0.717) is 18.6 Å². The first kappa shape index (κ1) is 18.4. The normalized spacial score (nSPS) is 13.6. The van der Waals surface area contributed by atoms with Crippen molar-refractivity contribution in [2.24, 2.45) is 5.92 Å². The number of amides is 1. The van der Waals surface area contributed by atoms with Crippen molar-refractivity contribution in [3.05, 3.63) is 0 Å².